The topological polar surface area (TPSA) is 83.6 Å². The molecule has 0 atom stereocenters. The normalized spacial score (nSPS) is 14.4. The molecule has 2 aromatic carbocycles. The smallest absolute Gasteiger partial charge is 0.261 e. The number of carbonyl (C=O) groups is 2. The summed E-state index contributed by atoms with van der Waals surface area (Å²) in [5.74, 6) is -0.725. The van der Waals surface area contributed by atoms with Crippen molar-refractivity contribution in [3.8, 4) is 0 Å². The highest BCUT2D eigenvalue weighted by Gasteiger charge is 2.32. The van der Waals surface area contributed by atoms with Gasteiger partial charge in [0.1, 0.15) is 0 Å². The molecule has 0 aliphatic carbocycles. The van der Waals surface area contributed by atoms with Crippen LogP contribution >= 0.6 is 0 Å². The van der Waals surface area contributed by atoms with Gasteiger partial charge in [0, 0.05) is 29.6 Å². The molecule has 0 spiro atoms. The van der Waals surface area contributed by atoms with Crippen molar-refractivity contribution in [2.24, 2.45) is 0 Å². The molecule has 132 valence electrons. The van der Waals surface area contributed by atoms with Crippen molar-refractivity contribution < 1.29 is 18.0 Å². The van der Waals surface area contributed by atoms with E-state index >= 15 is 0 Å². The first-order chi connectivity index (χ1) is 11.9. The van der Waals surface area contributed by atoms with Gasteiger partial charge in [0.2, 0.25) is 10.0 Å². The Balaban J connectivity index is 1.79. The zero-order valence-corrected chi connectivity index (χ0v) is 14.8. The van der Waals surface area contributed by atoms with E-state index < -0.39 is 10.0 Å². The van der Waals surface area contributed by atoms with Gasteiger partial charge in [-0.3, -0.25) is 14.5 Å². The first-order valence-corrected chi connectivity index (χ1v) is 9.95. The molecular formula is C18H20N2O4S. The quantitative estimate of drug-likeness (QED) is 0.767. The standard InChI is InChI=1S/C18H20N2O4S/c1-2-3-12-25(23,24)19-10-11-20-17(21)14-8-4-6-13-7-5-9-15(16(13)14)18(20)22/h4-9,19H,2-3,10-12H2,1H3. The minimum atomic E-state index is -3.38. The summed E-state index contributed by atoms with van der Waals surface area (Å²) < 4.78 is 26.2. The second-order valence-electron chi connectivity index (χ2n) is 6.04. The van der Waals surface area contributed by atoms with Gasteiger partial charge >= 0.3 is 0 Å². The van der Waals surface area contributed by atoms with E-state index in [9.17, 15) is 18.0 Å². The van der Waals surface area contributed by atoms with Crippen LogP contribution in [0, 0.1) is 0 Å². The number of hydrogen-bond donors (Lipinski definition) is 1. The zero-order chi connectivity index (χ0) is 18.0. The van der Waals surface area contributed by atoms with Crippen molar-refractivity contribution in [2.45, 2.75) is 19.8 Å². The van der Waals surface area contributed by atoms with Crippen LogP contribution in [0.1, 0.15) is 40.5 Å². The Hall–Kier alpha value is -2.25. The van der Waals surface area contributed by atoms with Crippen LogP contribution in [-0.4, -0.2) is 44.0 Å². The van der Waals surface area contributed by atoms with E-state index in [1.165, 1.54) is 0 Å². The van der Waals surface area contributed by atoms with Crippen LogP contribution in [-0.2, 0) is 10.0 Å². The van der Waals surface area contributed by atoms with E-state index in [0.29, 0.717) is 22.9 Å². The molecule has 2 aromatic rings. The molecular weight excluding hydrogens is 340 g/mol. The Bertz CT molecular complexity index is 886. The Labute approximate surface area is 146 Å². The van der Waals surface area contributed by atoms with Crippen LogP contribution in [0.25, 0.3) is 10.8 Å². The molecule has 7 heteroatoms. The molecule has 0 bridgehead atoms. The fraction of sp³-hybridized carbons (Fsp3) is 0.333. The maximum absolute atomic E-state index is 12.7. The number of carbonyl (C=O) groups excluding carboxylic acids is 2. The van der Waals surface area contributed by atoms with Crippen LogP contribution < -0.4 is 4.72 Å². The monoisotopic (exact) mass is 360 g/mol. The van der Waals surface area contributed by atoms with Gasteiger partial charge in [-0.15, -0.1) is 0 Å². The highest BCUT2D eigenvalue weighted by atomic mass is 32.2. The van der Waals surface area contributed by atoms with Gasteiger partial charge in [-0.1, -0.05) is 37.6 Å². The Morgan fingerprint density at radius 2 is 1.60 bits per heavy atom. The van der Waals surface area contributed by atoms with Gasteiger partial charge in [-0.25, -0.2) is 13.1 Å². The zero-order valence-electron chi connectivity index (χ0n) is 14.0. The highest BCUT2D eigenvalue weighted by molar-refractivity contribution is 7.89. The van der Waals surface area contributed by atoms with E-state index in [1.807, 2.05) is 19.1 Å². The summed E-state index contributed by atoms with van der Waals surface area (Å²) in [6, 6.07) is 10.7. The molecule has 3 rings (SSSR count). The predicted octanol–water partition coefficient (Wildman–Crippen LogP) is 2.16. The van der Waals surface area contributed by atoms with Gasteiger partial charge in [0.15, 0.2) is 0 Å². The lowest BCUT2D eigenvalue weighted by Crippen LogP contribution is -2.44. The van der Waals surface area contributed by atoms with Crippen molar-refractivity contribution in [3.63, 3.8) is 0 Å². The third-order valence-corrected chi connectivity index (χ3v) is 5.75. The summed E-state index contributed by atoms with van der Waals surface area (Å²) in [5.41, 5.74) is 0.947. The molecule has 0 saturated carbocycles. The minimum Gasteiger partial charge on any atom is -0.273 e. The molecule has 0 aromatic heterocycles. The predicted molar refractivity (Wildman–Crippen MR) is 96.0 cm³/mol. The number of unbranched alkanes of at least 4 members (excludes halogenated alkanes) is 1. The molecule has 1 heterocycles. The molecule has 0 unspecified atom stereocenters. The van der Waals surface area contributed by atoms with E-state index in [-0.39, 0.29) is 30.7 Å². The lowest BCUT2D eigenvalue weighted by molar-refractivity contribution is 0.0614. The van der Waals surface area contributed by atoms with E-state index in [4.69, 9.17) is 0 Å². The molecule has 1 aliphatic rings. The Kier molecular flexibility index (Phi) is 4.87. The van der Waals surface area contributed by atoms with Crippen molar-refractivity contribution in [2.75, 3.05) is 18.8 Å². The summed E-state index contributed by atoms with van der Waals surface area (Å²) in [4.78, 5) is 26.4. The molecule has 1 N–H and O–H groups in total. The maximum Gasteiger partial charge on any atom is 0.261 e. The third-order valence-electron chi connectivity index (χ3n) is 4.28. The molecule has 2 amide bonds. The van der Waals surface area contributed by atoms with Gasteiger partial charge in [0.05, 0.1) is 5.75 Å². The molecule has 0 saturated heterocycles. The second kappa shape index (κ2) is 6.93. The van der Waals surface area contributed by atoms with Crippen LogP contribution in [0.2, 0.25) is 0 Å². The lowest BCUT2D eigenvalue weighted by atomic mass is 9.94. The van der Waals surface area contributed by atoms with Crippen LogP contribution in [0.15, 0.2) is 36.4 Å². The number of sulfonamides is 1. The largest absolute Gasteiger partial charge is 0.273 e. The van der Waals surface area contributed by atoms with Crippen LogP contribution in [0.5, 0.6) is 0 Å². The van der Waals surface area contributed by atoms with Gasteiger partial charge in [-0.05, 0) is 23.9 Å². The number of imide groups is 1. The minimum absolute atomic E-state index is 0.00768. The summed E-state index contributed by atoms with van der Waals surface area (Å²) >= 11 is 0. The van der Waals surface area contributed by atoms with Crippen molar-refractivity contribution in [1.82, 2.24) is 9.62 Å². The summed E-state index contributed by atoms with van der Waals surface area (Å²) in [5, 5.41) is 1.51. The van der Waals surface area contributed by atoms with Crippen molar-refractivity contribution in [1.29, 1.82) is 0 Å². The molecule has 1 aliphatic heterocycles. The van der Waals surface area contributed by atoms with E-state index in [2.05, 4.69) is 4.72 Å². The fourth-order valence-corrected chi connectivity index (χ4v) is 4.22. The number of hydrogen-bond acceptors (Lipinski definition) is 4. The Morgan fingerprint density at radius 1 is 1.00 bits per heavy atom. The second-order valence-corrected chi connectivity index (χ2v) is 7.96. The van der Waals surface area contributed by atoms with E-state index in [0.717, 1.165) is 16.7 Å². The fourth-order valence-electron chi connectivity index (χ4n) is 3.00. The van der Waals surface area contributed by atoms with E-state index in [1.54, 1.807) is 24.3 Å². The molecule has 25 heavy (non-hydrogen) atoms. The van der Waals surface area contributed by atoms with Gasteiger partial charge < -0.3 is 0 Å². The average Bonchev–Trinajstić information content (AvgIpc) is 2.60. The number of rotatable bonds is 7. The first-order valence-electron chi connectivity index (χ1n) is 8.30. The van der Waals surface area contributed by atoms with Crippen LogP contribution in [0.3, 0.4) is 0 Å². The third kappa shape index (κ3) is 3.43. The summed E-state index contributed by atoms with van der Waals surface area (Å²) in [7, 11) is -3.38. The summed E-state index contributed by atoms with van der Waals surface area (Å²) in [6.45, 7) is 1.94. The van der Waals surface area contributed by atoms with Crippen LogP contribution in [0.4, 0.5) is 0 Å². The van der Waals surface area contributed by atoms with Gasteiger partial charge in [0.25, 0.3) is 11.8 Å². The molecule has 6 nitrogen and oxygen atoms in total. The first kappa shape index (κ1) is 17.6. The highest BCUT2D eigenvalue weighted by Crippen LogP contribution is 2.29. The van der Waals surface area contributed by atoms with Crippen molar-refractivity contribution >= 4 is 32.6 Å². The Morgan fingerprint density at radius 3 is 2.16 bits per heavy atom. The number of amides is 2. The number of benzene rings is 2. The number of nitrogens with zero attached hydrogens (tertiary/aromatic N) is 1. The average molecular weight is 360 g/mol. The molecule has 0 radical (unpaired) electrons. The van der Waals surface area contributed by atoms with Crippen molar-refractivity contribution in [3.05, 3.63) is 47.5 Å². The maximum atomic E-state index is 12.7. The lowest BCUT2D eigenvalue weighted by Gasteiger charge is -2.27. The van der Waals surface area contributed by atoms with Gasteiger partial charge in [-0.2, -0.15) is 0 Å². The molecule has 0 fully saturated rings. The number of nitrogens with one attached hydrogen (secondary N) is 1. The summed E-state index contributed by atoms with van der Waals surface area (Å²) in [6.07, 6.45) is 1.36. The SMILES string of the molecule is CCCCS(=O)(=O)NCCN1C(=O)c2cccc3cccc(c23)C1=O.